The van der Waals surface area contributed by atoms with Crippen molar-refractivity contribution in [2.75, 3.05) is 0 Å². The van der Waals surface area contributed by atoms with Gasteiger partial charge in [-0.15, -0.1) is 21.8 Å². The smallest absolute Gasteiger partial charge is 0.209 e. The van der Waals surface area contributed by atoms with E-state index in [0.29, 0.717) is 5.88 Å². The Hall–Kier alpha value is -0.940. The average Bonchev–Trinajstić information content (AvgIpc) is 2.79. The molecule has 0 atom stereocenters. The summed E-state index contributed by atoms with van der Waals surface area (Å²) in [6.07, 6.45) is 0. The van der Waals surface area contributed by atoms with Crippen LogP contribution in [0.5, 0.6) is 0 Å². The second-order valence-corrected chi connectivity index (χ2v) is 4.63. The van der Waals surface area contributed by atoms with E-state index in [4.69, 9.17) is 11.6 Å². The number of nitrogens with zero attached hydrogens (tertiary/aromatic N) is 4. The van der Waals surface area contributed by atoms with E-state index in [9.17, 15) is 0 Å². The number of aromatic nitrogens is 4. The Morgan fingerprint density at radius 2 is 2.00 bits per heavy atom. The lowest BCUT2D eigenvalue weighted by atomic mass is 10.2. The molecule has 0 saturated carbocycles. The van der Waals surface area contributed by atoms with Crippen molar-refractivity contribution in [1.29, 1.82) is 0 Å². The molecule has 2 aromatic heterocycles. The molecule has 80 valence electrons. The summed E-state index contributed by atoms with van der Waals surface area (Å²) in [6, 6.07) is 0. The molecule has 0 aliphatic rings. The molecule has 0 spiro atoms. The maximum atomic E-state index is 5.68. The van der Waals surface area contributed by atoms with Crippen molar-refractivity contribution in [1.82, 2.24) is 20.0 Å². The van der Waals surface area contributed by atoms with E-state index >= 15 is 0 Å². The van der Waals surface area contributed by atoms with Gasteiger partial charge < -0.3 is 0 Å². The minimum absolute atomic E-state index is 0.399. The number of hydrogen-bond donors (Lipinski definition) is 0. The van der Waals surface area contributed by atoms with Gasteiger partial charge in [0.25, 0.3) is 0 Å². The first-order valence-corrected chi connectivity index (χ1v) is 5.90. The molecular weight excluding hydrogens is 232 g/mol. The van der Waals surface area contributed by atoms with Crippen LogP contribution in [0.2, 0.25) is 0 Å². The fraction of sp³-hybridized carbons (Fsp3) is 0.444. The van der Waals surface area contributed by atoms with Crippen LogP contribution in [-0.4, -0.2) is 20.0 Å². The second-order valence-electron chi connectivity index (χ2n) is 3.32. The summed E-state index contributed by atoms with van der Waals surface area (Å²) in [7, 11) is 0. The van der Waals surface area contributed by atoms with Gasteiger partial charge in [0.2, 0.25) is 5.13 Å². The van der Waals surface area contributed by atoms with Crippen LogP contribution in [0.4, 0.5) is 0 Å². The van der Waals surface area contributed by atoms with Crippen molar-refractivity contribution in [3.63, 3.8) is 0 Å². The Kier molecular flexibility index (Phi) is 2.75. The largest absolute Gasteiger partial charge is 0.233 e. The zero-order chi connectivity index (χ0) is 11.0. The lowest BCUT2D eigenvalue weighted by molar-refractivity contribution is 0.806. The molecule has 0 aliphatic carbocycles. The quantitative estimate of drug-likeness (QED) is 0.760. The standard InChI is InChI=1S/C9H11ClN4S/c1-5-6(2)13-14(7(5)3)9-12-11-8(4-10)15-9/h4H2,1-3H3. The average molecular weight is 243 g/mol. The van der Waals surface area contributed by atoms with E-state index in [0.717, 1.165) is 21.5 Å². The fourth-order valence-electron chi connectivity index (χ4n) is 1.29. The number of rotatable bonds is 2. The Labute approximate surface area is 96.9 Å². The minimum atomic E-state index is 0.399. The molecule has 0 unspecified atom stereocenters. The fourth-order valence-corrected chi connectivity index (χ4v) is 2.20. The number of hydrogen-bond acceptors (Lipinski definition) is 4. The van der Waals surface area contributed by atoms with Gasteiger partial charge in [0, 0.05) is 5.69 Å². The van der Waals surface area contributed by atoms with Gasteiger partial charge in [-0.3, -0.25) is 0 Å². The van der Waals surface area contributed by atoms with Crippen molar-refractivity contribution in [3.05, 3.63) is 22.0 Å². The van der Waals surface area contributed by atoms with Crippen LogP contribution in [0.15, 0.2) is 0 Å². The molecule has 0 aromatic carbocycles. The van der Waals surface area contributed by atoms with Gasteiger partial charge in [-0.1, -0.05) is 11.3 Å². The lowest BCUT2D eigenvalue weighted by Crippen LogP contribution is -1.98. The zero-order valence-corrected chi connectivity index (χ0v) is 10.4. The Morgan fingerprint density at radius 3 is 2.47 bits per heavy atom. The summed E-state index contributed by atoms with van der Waals surface area (Å²) in [5.74, 6) is 0.399. The number of aryl methyl sites for hydroxylation is 1. The van der Waals surface area contributed by atoms with Gasteiger partial charge >= 0.3 is 0 Å². The molecule has 2 rings (SSSR count). The van der Waals surface area contributed by atoms with Gasteiger partial charge in [0.1, 0.15) is 5.01 Å². The minimum Gasteiger partial charge on any atom is -0.209 e. The molecule has 0 N–H and O–H groups in total. The summed E-state index contributed by atoms with van der Waals surface area (Å²) >= 11 is 7.15. The third-order valence-corrected chi connectivity index (χ3v) is 3.72. The summed E-state index contributed by atoms with van der Waals surface area (Å²) < 4.78 is 1.82. The van der Waals surface area contributed by atoms with Crippen LogP contribution in [0, 0.1) is 20.8 Å². The molecule has 6 heteroatoms. The van der Waals surface area contributed by atoms with Crippen molar-refractivity contribution in [2.24, 2.45) is 0 Å². The highest BCUT2D eigenvalue weighted by Crippen LogP contribution is 2.20. The maximum absolute atomic E-state index is 5.68. The van der Waals surface area contributed by atoms with E-state index < -0.39 is 0 Å². The Bertz CT molecular complexity index is 488. The molecular formula is C9H11ClN4S. The Morgan fingerprint density at radius 1 is 1.27 bits per heavy atom. The van der Waals surface area contributed by atoms with Crippen LogP contribution < -0.4 is 0 Å². The SMILES string of the molecule is Cc1nn(-c2nnc(CCl)s2)c(C)c1C. The van der Waals surface area contributed by atoms with Crippen LogP contribution in [-0.2, 0) is 5.88 Å². The van der Waals surface area contributed by atoms with Gasteiger partial charge in [-0.25, -0.2) is 4.68 Å². The zero-order valence-electron chi connectivity index (χ0n) is 8.78. The van der Waals surface area contributed by atoms with Crippen LogP contribution >= 0.6 is 22.9 Å². The number of alkyl halides is 1. The Balaban J connectivity index is 2.49. The molecule has 0 bridgehead atoms. The maximum Gasteiger partial charge on any atom is 0.233 e. The predicted molar refractivity (Wildman–Crippen MR) is 60.8 cm³/mol. The van der Waals surface area contributed by atoms with Crippen molar-refractivity contribution >= 4 is 22.9 Å². The molecule has 0 saturated heterocycles. The first-order valence-electron chi connectivity index (χ1n) is 4.55. The highest BCUT2D eigenvalue weighted by molar-refractivity contribution is 7.13. The lowest BCUT2D eigenvalue weighted by Gasteiger charge is -1.96. The van der Waals surface area contributed by atoms with E-state index in [1.807, 2.05) is 18.5 Å². The molecule has 0 aliphatic heterocycles. The predicted octanol–water partition coefficient (Wildman–Crippen LogP) is 2.39. The summed E-state index contributed by atoms with van der Waals surface area (Å²) in [6.45, 7) is 6.07. The van der Waals surface area contributed by atoms with E-state index in [1.165, 1.54) is 16.9 Å². The molecule has 2 aromatic rings. The molecule has 15 heavy (non-hydrogen) atoms. The van der Waals surface area contributed by atoms with Gasteiger partial charge in [-0.2, -0.15) is 5.10 Å². The normalized spacial score (nSPS) is 10.9. The topological polar surface area (TPSA) is 43.6 Å². The van der Waals surface area contributed by atoms with Crippen molar-refractivity contribution < 1.29 is 0 Å². The molecule has 4 nitrogen and oxygen atoms in total. The van der Waals surface area contributed by atoms with Crippen LogP contribution in [0.3, 0.4) is 0 Å². The second kappa shape index (κ2) is 3.90. The number of halogens is 1. The summed E-state index contributed by atoms with van der Waals surface area (Å²) in [5.41, 5.74) is 3.32. The third-order valence-electron chi connectivity index (χ3n) is 2.40. The first kappa shape index (κ1) is 10.6. The van der Waals surface area contributed by atoms with Crippen molar-refractivity contribution in [2.45, 2.75) is 26.7 Å². The van der Waals surface area contributed by atoms with Crippen LogP contribution in [0.1, 0.15) is 22.0 Å². The monoisotopic (exact) mass is 242 g/mol. The van der Waals surface area contributed by atoms with Crippen LogP contribution in [0.25, 0.3) is 5.13 Å². The van der Waals surface area contributed by atoms with Crippen molar-refractivity contribution in [3.8, 4) is 5.13 Å². The van der Waals surface area contributed by atoms with E-state index in [2.05, 4.69) is 22.2 Å². The highest BCUT2D eigenvalue weighted by atomic mass is 35.5. The third kappa shape index (κ3) is 1.77. The first-order chi connectivity index (χ1) is 7.13. The van der Waals surface area contributed by atoms with Gasteiger partial charge in [0.05, 0.1) is 11.6 Å². The van der Waals surface area contributed by atoms with Gasteiger partial charge in [0.15, 0.2) is 0 Å². The van der Waals surface area contributed by atoms with E-state index in [1.54, 1.807) is 0 Å². The summed E-state index contributed by atoms with van der Waals surface area (Å²) in [4.78, 5) is 0. The van der Waals surface area contributed by atoms with Gasteiger partial charge in [-0.05, 0) is 26.3 Å². The van der Waals surface area contributed by atoms with E-state index in [-0.39, 0.29) is 0 Å². The summed E-state index contributed by atoms with van der Waals surface area (Å²) in [5, 5.41) is 14.0. The highest BCUT2D eigenvalue weighted by Gasteiger charge is 2.12. The molecule has 0 fully saturated rings. The molecule has 0 radical (unpaired) electrons. The molecule has 2 heterocycles. The molecule has 0 amide bonds.